The number of benzene rings is 2. The Bertz CT molecular complexity index is 644. The lowest BCUT2D eigenvalue weighted by Crippen LogP contribution is -2.38. The molecule has 3 nitrogen and oxygen atoms in total. The van der Waals surface area contributed by atoms with E-state index in [9.17, 15) is 9.90 Å². The normalized spacial score (nSPS) is 13.5. The Morgan fingerprint density at radius 2 is 1.95 bits per heavy atom. The number of hydrogen-bond acceptors (Lipinski definition) is 2. The van der Waals surface area contributed by atoms with Gasteiger partial charge in [-0.1, -0.05) is 57.9 Å². The van der Waals surface area contributed by atoms with E-state index < -0.39 is 5.60 Å². The molecule has 0 heterocycles. The van der Waals surface area contributed by atoms with Gasteiger partial charge in [-0.25, -0.2) is 0 Å². The molecule has 110 valence electrons. The lowest BCUT2D eigenvalue weighted by Gasteiger charge is -2.24. The van der Waals surface area contributed by atoms with Crippen molar-refractivity contribution in [3.63, 3.8) is 0 Å². The first-order valence-corrected chi connectivity index (χ1v) is 7.58. The van der Waals surface area contributed by atoms with Crippen LogP contribution in [0.3, 0.4) is 0 Å². The zero-order valence-corrected chi connectivity index (χ0v) is 13.8. The van der Waals surface area contributed by atoms with Crippen molar-refractivity contribution in [2.45, 2.75) is 12.5 Å². The van der Waals surface area contributed by atoms with E-state index in [1.807, 2.05) is 30.3 Å². The van der Waals surface area contributed by atoms with Gasteiger partial charge >= 0.3 is 0 Å². The summed E-state index contributed by atoms with van der Waals surface area (Å²) in [5, 5.41) is 13.5. The van der Waals surface area contributed by atoms with Gasteiger partial charge in [-0.15, -0.1) is 0 Å². The zero-order valence-electron chi connectivity index (χ0n) is 11.4. The maximum absolute atomic E-state index is 12.2. The third kappa shape index (κ3) is 4.06. The average molecular weight is 369 g/mol. The smallest absolute Gasteiger partial charge is 0.252 e. The van der Waals surface area contributed by atoms with Gasteiger partial charge in [0.25, 0.3) is 5.91 Å². The molecular formula is C16H15BrClNO2. The third-order valence-corrected chi connectivity index (χ3v) is 3.98. The molecule has 1 atom stereocenters. The van der Waals surface area contributed by atoms with E-state index in [0.717, 1.165) is 10.0 Å². The second-order valence-corrected chi connectivity index (χ2v) is 6.27. The summed E-state index contributed by atoms with van der Waals surface area (Å²) >= 11 is 9.32. The van der Waals surface area contributed by atoms with Crippen LogP contribution in [0.2, 0.25) is 5.02 Å². The fraction of sp³-hybridized carbons (Fsp3) is 0.188. The Morgan fingerprint density at radius 1 is 1.29 bits per heavy atom. The van der Waals surface area contributed by atoms with E-state index in [-0.39, 0.29) is 12.5 Å². The van der Waals surface area contributed by atoms with Gasteiger partial charge in [0.1, 0.15) is 5.60 Å². The molecule has 0 saturated heterocycles. The summed E-state index contributed by atoms with van der Waals surface area (Å²) in [4.78, 5) is 12.2. The highest BCUT2D eigenvalue weighted by Crippen LogP contribution is 2.22. The number of hydrogen-bond donors (Lipinski definition) is 2. The average Bonchev–Trinajstić information content (AvgIpc) is 2.48. The van der Waals surface area contributed by atoms with Crippen LogP contribution in [0.15, 0.2) is 53.0 Å². The molecule has 0 aromatic heterocycles. The molecule has 21 heavy (non-hydrogen) atoms. The predicted molar refractivity (Wildman–Crippen MR) is 87.5 cm³/mol. The van der Waals surface area contributed by atoms with Gasteiger partial charge < -0.3 is 10.4 Å². The zero-order chi connectivity index (χ0) is 15.5. The fourth-order valence-electron chi connectivity index (χ4n) is 1.92. The van der Waals surface area contributed by atoms with Crippen LogP contribution in [0.1, 0.15) is 22.8 Å². The summed E-state index contributed by atoms with van der Waals surface area (Å²) in [6, 6.07) is 14.3. The molecule has 5 heteroatoms. The van der Waals surface area contributed by atoms with E-state index in [1.165, 1.54) is 0 Å². The molecule has 2 aromatic rings. The highest BCUT2D eigenvalue weighted by atomic mass is 79.9. The topological polar surface area (TPSA) is 49.3 Å². The van der Waals surface area contributed by atoms with Gasteiger partial charge in [0.05, 0.1) is 17.1 Å². The Kier molecular flexibility index (Phi) is 5.04. The first kappa shape index (κ1) is 16.0. The number of carbonyl (C=O) groups excluding carboxylic acids is 1. The molecule has 2 rings (SSSR count). The number of amides is 1. The number of aliphatic hydroxyl groups is 1. The Hall–Kier alpha value is -1.36. The highest BCUT2D eigenvalue weighted by molar-refractivity contribution is 9.10. The summed E-state index contributed by atoms with van der Waals surface area (Å²) < 4.78 is 0.770. The Morgan fingerprint density at radius 3 is 2.62 bits per heavy atom. The highest BCUT2D eigenvalue weighted by Gasteiger charge is 2.24. The van der Waals surface area contributed by atoms with Crippen LogP contribution in [0.4, 0.5) is 0 Å². The van der Waals surface area contributed by atoms with Crippen LogP contribution < -0.4 is 5.32 Å². The quantitative estimate of drug-likeness (QED) is 0.863. The van der Waals surface area contributed by atoms with Gasteiger partial charge in [-0.05, 0) is 30.7 Å². The summed E-state index contributed by atoms with van der Waals surface area (Å²) in [5.74, 6) is -0.322. The van der Waals surface area contributed by atoms with Gasteiger partial charge in [-0.2, -0.15) is 0 Å². The molecule has 0 radical (unpaired) electrons. The molecule has 2 N–H and O–H groups in total. The first-order chi connectivity index (χ1) is 9.90. The standard InChI is InChI=1S/C16H15BrClNO2/c1-16(21,11-5-3-2-4-6-11)10-19-15(20)13-9-12(17)7-8-14(13)18/h2-9,21H,10H2,1H3,(H,19,20)/t16-/m1/s1. The van der Waals surface area contributed by atoms with Gasteiger partial charge in [0, 0.05) is 4.47 Å². The largest absolute Gasteiger partial charge is 0.384 e. The van der Waals surface area contributed by atoms with Crippen molar-refractivity contribution in [3.05, 3.63) is 69.2 Å². The number of nitrogens with one attached hydrogen (secondary N) is 1. The van der Waals surface area contributed by atoms with Gasteiger partial charge in [-0.3, -0.25) is 4.79 Å². The minimum absolute atomic E-state index is 0.0959. The molecule has 2 aromatic carbocycles. The fourth-order valence-corrected chi connectivity index (χ4v) is 2.48. The molecule has 0 aliphatic rings. The van der Waals surface area contributed by atoms with Crippen LogP contribution >= 0.6 is 27.5 Å². The first-order valence-electron chi connectivity index (χ1n) is 6.41. The summed E-state index contributed by atoms with van der Waals surface area (Å²) in [6.07, 6.45) is 0. The Labute approximate surface area is 137 Å². The van der Waals surface area contributed by atoms with Crippen LogP contribution in [0, 0.1) is 0 Å². The van der Waals surface area contributed by atoms with E-state index in [0.29, 0.717) is 10.6 Å². The SMILES string of the molecule is C[C@@](O)(CNC(=O)c1cc(Br)ccc1Cl)c1ccccc1. The van der Waals surface area contributed by atoms with Gasteiger partial charge in [0.2, 0.25) is 0 Å². The number of rotatable bonds is 4. The molecule has 1 amide bonds. The summed E-state index contributed by atoms with van der Waals surface area (Å²) in [6.45, 7) is 1.75. The molecule has 0 aliphatic heterocycles. The Balaban J connectivity index is 2.09. The molecule has 0 aliphatic carbocycles. The van der Waals surface area contributed by atoms with Crippen molar-refractivity contribution in [2.24, 2.45) is 0 Å². The summed E-state index contributed by atoms with van der Waals surface area (Å²) in [7, 11) is 0. The van der Waals surface area contributed by atoms with E-state index in [1.54, 1.807) is 25.1 Å². The van der Waals surface area contributed by atoms with Crippen LogP contribution in [0.5, 0.6) is 0 Å². The molecule has 0 spiro atoms. The van der Waals surface area contributed by atoms with Crippen molar-refractivity contribution in [1.29, 1.82) is 0 Å². The summed E-state index contributed by atoms with van der Waals surface area (Å²) in [5.41, 5.74) is -0.0318. The predicted octanol–water partition coefficient (Wildman–Crippen LogP) is 3.74. The maximum atomic E-state index is 12.2. The number of halogens is 2. The second kappa shape index (κ2) is 6.60. The van der Waals surface area contributed by atoms with Crippen molar-refractivity contribution >= 4 is 33.4 Å². The van der Waals surface area contributed by atoms with Crippen molar-refractivity contribution in [2.75, 3.05) is 6.54 Å². The molecule has 0 unspecified atom stereocenters. The molecule has 0 bridgehead atoms. The monoisotopic (exact) mass is 367 g/mol. The van der Waals surface area contributed by atoms with Gasteiger partial charge in [0.15, 0.2) is 0 Å². The maximum Gasteiger partial charge on any atom is 0.252 e. The third-order valence-electron chi connectivity index (χ3n) is 3.16. The van der Waals surface area contributed by atoms with E-state index in [4.69, 9.17) is 11.6 Å². The van der Waals surface area contributed by atoms with Crippen molar-refractivity contribution in [3.8, 4) is 0 Å². The lowest BCUT2D eigenvalue weighted by molar-refractivity contribution is 0.0526. The molecule has 0 saturated carbocycles. The van der Waals surface area contributed by atoms with E-state index >= 15 is 0 Å². The number of carbonyl (C=O) groups is 1. The van der Waals surface area contributed by atoms with E-state index in [2.05, 4.69) is 21.2 Å². The van der Waals surface area contributed by atoms with Crippen molar-refractivity contribution in [1.82, 2.24) is 5.32 Å². The minimum Gasteiger partial charge on any atom is -0.384 e. The lowest BCUT2D eigenvalue weighted by atomic mass is 9.96. The minimum atomic E-state index is -1.14. The van der Waals surface area contributed by atoms with Crippen molar-refractivity contribution < 1.29 is 9.90 Å². The van der Waals surface area contributed by atoms with Crippen LogP contribution in [-0.4, -0.2) is 17.6 Å². The van der Waals surface area contributed by atoms with Crippen LogP contribution in [0.25, 0.3) is 0 Å². The second-order valence-electron chi connectivity index (χ2n) is 4.95. The van der Waals surface area contributed by atoms with Crippen LogP contribution in [-0.2, 0) is 5.60 Å². The molecular weight excluding hydrogens is 354 g/mol. The molecule has 0 fully saturated rings.